The molecule has 0 saturated carbocycles. The van der Waals surface area contributed by atoms with Gasteiger partial charge in [0.1, 0.15) is 5.69 Å². The van der Waals surface area contributed by atoms with Gasteiger partial charge in [-0.05, 0) is 31.5 Å². The van der Waals surface area contributed by atoms with Crippen molar-refractivity contribution < 1.29 is 4.79 Å². The van der Waals surface area contributed by atoms with Crippen molar-refractivity contribution in [2.45, 2.75) is 20.4 Å². The molecule has 0 spiro atoms. The summed E-state index contributed by atoms with van der Waals surface area (Å²) >= 11 is 0. The van der Waals surface area contributed by atoms with E-state index in [4.69, 9.17) is 0 Å². The van der Waals surface area contributed by atoms with Crippen molar-refractivity contribution in [3.8, 4) is 0 Å². The molecule has 0 aliphatic heterocycles. The molecule has 0 aliphatic rings. The number of hydrogen-bond donors (Lipinski definition) is 1. The summed E-state index contributed by atoms with van der Waals surface area (Å²) in [6.07, 6.45) is 1.56. The number of carbonyl (C=O) groups excluding carboxylic acids is 1. The molecule has 7 nitrogen and oxygen atoms in total. The molecule has 3 aromatic rings. The average Bonchev–Trinajstić information content (AvgIpc) is 2.59. The van der Waals surface area contributed by atoms with E-state index >= 15 is 0 Å². The minimum absolute atomic E-state index is 0.122. The molecule has 7 heteroatoms. The van der Waals surface area contributed by atoms with Crippen LogP contribution < -0.4 is 10.9 Å². The average molecular weight is 335 g/mol. The highest BCUT2D eigenvalue weighted by atomic mass is 16.2. The summed E-state index contributed by atoms with van der Waals surface area (Å²) in [5.41, 5.74) is 2.65. The zero-order valence-electron chi connectivity index (χ0n) is 13.9. The number of hydrogen-bond acceptors (Lipinski definition) is 5. The molecule has 2 aromatic heterocycles. The van der Waals surface area contributed by atoms with Gasteiger partial charge in [0.15, 0.2) is 0 Å². The third-order valence-electron chi connectivity index (χ3n) is 3.57. The van der Waals surface area contributed by atoms with Gasteiger partial charge < -0.3 is 0 Å². The Bertz CT molecular complexity index is 964. The predicted molar refractivity (Wildman–Crippen MR) is 93.5 cm³/mol. The highest BCUT2D eigenvalue weighted by Crippen LogP contribution is 2.05. The van der Waals surface area contributed by atoms with Gasteiger partial charge in [0.2, 0.25) is 5.95 Å². The molecule has 1 amide bonds. The van der Waals surface area contributed by atoms with Crippen molar-refractivity contribution in [3.63, 3.8) is 0 Å². The maximum Gasteiger partial charge on any atom is 0.278 e. The lowest BCUT2D eigenvalue weighted by Gasteiger charge is -2.08. The van der Waals surface area contributed by atoms with E-state index in [9.17, 15) is 9.59 Å². The molecule has 3 rings (SSSR count). The third kappa shape index (κ3) is 4.14. The van der Waals surface area contributed by atoms with Crippen molar-refractivity contribution in [3.05, 3.63) is 81.5 Å². The quantitative estimate of drug-likeness (QED) is 0.787. The van der Waals surface area contributed by atoms with Crippen LogP contribution in [0.15, 0.2) is 53.5 Å². The van der Waals surface area contributed by atoms with Gasteiger partial charge in [-0.3, -0.25) is 14.9 Å². The van der Waals surface area contributed by atoms with Gasteiger partial charge in [0, 0.05) is 18.0 Å². The minimum Gasteiger partial charge on any atom is -0.289 e. The lowest BCUT2D eigenvalue weighted by atomic mass is 10.1. The smallest absolute Gasteiger partial charge is 0.278 e. The van der Waals surface area contributed by atoms with E-state index < -0.39 is 5.91 Å². The Hall–Kier alpha value is -3.35. The topological polar surface area (TPSA) is 89.8 Å². The summed E-state index contributed by atoms with van der Waals surface area (Å²) in [6, 6.07) is 12.2. The van der Waals surface area contributed by atoms with Crippen molar-refractivity contribution >= 4 is 11.9 Å². The molecule has 1 N–H and O–H groups in total. The Labute approximate surface area is 144 Å². The number of benzene rings is 1. The SMILES string of the molecule is Cc1ccc(Cn2nc(C(=O)Nc3nccc(C)n3)ccc2=O)cc1. The van der Waals surface area contributed by atoms with Gasteiger partial charge in [-0.2, -0.15) is 5.10 Å². The minimum atomic E-state index is -0.469. The highest BCUT2D eigenvalue weighted by Gasteiger charge is 2.11. The molecule has 25 heavy (non-hydrogen) atoms. The van der Waals surface area contributed by atoms with Crippen LogP contribution in [0.25, 0.3) is 0 Å². The monoisotopic (exact) mass is 335 g/mol. The van der Waals surface area contributed by atoms with Crippen LogP contribution in [0.4, 0.5) is 5.95 Å². The number of anilines is 1. The summed E-state index contributed by atoms with van der Waals surface area (Å²) < 4.78 is 1.26. The number of rotatable bonds is 4. The molecule has 0 fully saturated rings. The molecule has 0 bridgehead atoms. The van der Waals surface area contributed by atoms with Crippen LogP contribution in [0, 0.1) is 13.8 Å². The Morgan fingerprint density at radius 1 is 1.08 bits per heavy atom. The van der Waals surface area contributed by atoms with E-state index in [1.807, 2.05) is 31.2 Å². The number of aryl methyl sites for hydroxylation is 2. The van der Waals surface area contributed by atoms with E-state index in [1.54, 1.807) is 19.2 Å². The maximum absolute atomic E-state index is 12.3. The van der Waals surface area contributed by atoms with Crippen LogP contribution in [0.1, 0.15) is 27.3 Å². The molecule has 1 aromatic carbocycles. The molecule has 0 aliphatic carbocycles. The Kier molecular flexibility index (Phi) is 4.65. The second-order valence-corrected chi connectivity index (χ2v) is 5.68. The fourth-order valence-electron chi connectivity index (χ4n) is 2.22. The first-order valence-corrected chi connectivity index (χ1v) is 7.76. The van der Waals surface area contributed by atoms with E-state index in [0.717, 1.165) is 16.8 Å². The highest BCUT2D eigenvalue weighted by molar-refractivity contribution is 6.01. The first-order valence-electron chi connectivity index (χ1n) is 7.76. The van der Waals surface area contributed by atoms with Crippen LogP contribution in [-0.2, 0) is 6.54 Å². The molecule has 126 valence electrons. The van der Waals surface area contributed by atoms with E-state index in [1.165, 1.54) is 16.8 Å². The summed E-state index contributed by atoms with van der Waals surface area (Å²) in [7, 11) is 0. The van der Waals surface area contributed by atoms with Crippen LogP contribution in [-0.4, -0.2) is 25.7 Å². The van der Waals surface area contributed by atoms with Crippen LogP contribution in [0.3, 0.4) is 0 Å². The fraction of sp³-hybridized carbons (Fsp3) is 0.167. The van der Waals surface area contributed by atoms with Crippen molar-refractivity contribution in [1.82, 2.24) is 19.7 Å². The lowest BCUT2D eigenvalue weighted by Crippen LogP contribution is -2.26. The van der Waals surface area contributed by atoms with E-state index in [0.29, 0.717) is 6.54 Å². The predicted octanol–water partition coefficient (Wildman–Crippen LogP) is 1.95. The zero-order chi connectivity index (χ0) is 17.8. The maximum atomic E-state index is 12.3. The first-order chi connectivity index (χ1) is 12.0. The number of nitrogens with zero attached hydrogens (tertiary/aromatic N) is 4. The summed E-state index contributed by atoms with van der Waals surface area (Å²) in [4.78, 5) is 32.4. The molecular formula is C18H17N5O2. The summed E-state index contributed by atoms with van der Waals surface area (Å²) in [5, 5.41) is 6.72. The number of aromatic nitrogens is 4. The van der Waals surface area contributed by atoms with Gasteiger partial charge in [0.25, 0.3) is 11.5 Å². The zero-order valence-corrected chi connectivity index (χ0v) is 13.9. The normalized spacial score (nSPS) is 10.5. The molecular weight excluding hydrogens is 318 g/mol. The van der Waals surface area contributed by atoms with E-state index in [2.05, 4.69) is 20.4 Å². The molecule has 0 saturated heterocycles. The number of nitrogens with one attached hydrogen (secondary N) is 1. The molecule has 0 unspecified atom stereocenters. The summed E-state index contributed by atoms with van der Waals surface area (Å²) in [5.74, 6) is -0.272. The van der Waals surface area contributed by atoms with Crippen LogP contribution in [0.2, 0.25) is 0 Å². The van der Waals surface area contributed by atoms with Crippen molar-refractivity contribution in [1.29, 1.82) is 0 Å². The molecule has 2 heterocycles. The third-order valence-corrected chi connectivity index (χ3v) is 3.57. The standard InChI is InChI=1S/C18H17N5O2/c1-12-3-5-14(6-4-12)11-23-16(24)8-7-15(22-23)17(25)21-18-19-10-9-13(2)20-18/h3-10H,11H2,1-2H3,(H,19,20,21,25). The number of amides is 1. The van der Waals surface area contributed by atoms with Crippen molar-refractivity contribution in [2.75, 3.05) is 5.32 Å². The Morgan fingerprint density at radius 2 is 1.84 bits per heavy atom. The first kappa shape index (κ1) is 16.5. The van der Waals surface area contributed by atoms with Crippen LogP contribution in [0.5, 0.6) is 0 Å². The molecule has 0 radical (unpaired) electrons. The van der Waals surface area contributed by atoms with Gasteiger partial charge in [-0.15, -0.1) is 0 Å². The lowest BCUT2D eigenvalue weighted by molar-refractivity contribution is 0.101. The van der Waals surface area contributed by atoms with Crippen LogP contribution >= 0.6 is 0 Å². The second-order valence-electron chi connectivity index (χ2n) is 5.68. The largest absolute Gasteiger partial charge is 0.289 e. The van der Waals surface area contributed by atoms with Gasteiger partial charge >= 0.3 is 0 Å². The Balaban J connectivity index is 1.82. The van der Waals surface area contributed by atoms with Crippen molar-refractivity contribution in [2.24, 2.45) is 0 Å². The molecule has 0 atom stereocenters. The fourth-order valence-corrected chi connectivity index (χ4v) is 2.22. The number of carbonyl (C=O) groups is 1. The van der Waals surface area contributed by atoms with Gasteiger partial charge in [0.05, 0.1) is 6.54 Å². The Morgan fingerprint density at radius 3 is 2.56 bits per heavy atom. The summed E-state index contributed by atoms with van der Waals surface area (Å²) in [6.45, 7) is 4.09. The van der Waals surface area contributed by atoms with Gasteiger partial charge in [-0.25, -0.2) is 14.6 Å². The van der Waals surface area contributed by atoms with Gasteiger partial charge in [-0.1, -0.05) is 29.8 Å². The second kappa shape index (κ2) is 7.04. The van der Waals surface area contributed by atoms with E-state index in [-0.39, 0.29) is 17.2 Å².